The molecule has 1 N–H and O–H groups in total. The van der Waals surface area contributed by atoms with Crippen LogP contribution in [0, 0.1) is 0 Å². The number of methoxy groups -OCH3 is 1. The highest BCUT2D eigenvalue weighted by molar-refractivity contribution is 5.80. The Bertz CT molecular complexity index is 1700. The summed E-state index contributed by atoms with van der Waals surface area (Å²) in [6, 6.07) is 28.8. The molecule has 2 atom stereocenters. The molecule has 10 nitrogen and oxygen atoms in total. The number of aromatic amines is 1. The number of fused-ring (bicyclic) bond motifs is 1. The van der Waals surface area contributed by atoms with Crippen LogP contribution in [-0.2, 0) is 11.3 Å². The Morgan fingerprint density at radius 1 is 0.909 bits per heavy atom. The summed E-state index contributed by atoms with van der Waals surface area (Å²) in [6.07, 6.45) is 2.07. The average Bonchev–Trinajstić information content (AvgIpc) is 3.76. The van der Waals surface area contributed by atoms with Crippen LogP contribution in [0.15, 0.2) is 89.7 Å². The minimum atomic E-state index is -0.421. The molecular formula is C34H37N7O3. The highest BCUT2D eigenvalue weighted by atomic mass is 16.5. The number of rotatable bonds is 9. The lowest BCUT2D eigenvalue weighted by Crippen LogP contribution is -2.50. The quantitative estimate of drug-likeness (QED) is 0.272. The number of benzene rings is 3. The van der Waals surface area contributed by atoms with Gasteiger partial charge in [-0.15, -0.1) is 5.10 Å². The first kappa shape index (κ1) is 28.4. The number of nitrogens with one attached hydrogen (secondary N) is 1. The van der Waals surface area contributed by atoms with E-state index in [-0.39, 0.29) is 17.7 Å². The fourth-order valence-corrected chi connectivity index (χ4v) is 6.68. The smallest absolute Gasteiger partial charge is 0.253 e. The minimum absolute atomic E-state index is 0.0644. The van der Waals surface area contributed by atoms with Gasteiger partial charge in [-0.25, -0.2) is 4.68 Å². The lowest BCUT2D eigenvalue weighted by atomic mass is 9.96. The van der Waals surface area contributed by atoms with Crippen LogP contribution < -0.4 is 10.3 Å². The van der Waals surface area contributed by atoms with Gasteiger partial charge in [0, 0.05) is 44.4 Å². The predicted octanol–water partition coefficient (Wildman–Crippen LogP) is 4.20. The van der Waals surface area contributed by atoms with E-state index in [1.54, 1.807) is 7.11 Å². The topological polar surface area (TPSA) is 101 Å². The SMILES string of the molecule is COc1ccc2cc([C@@H](c3nnnn3C[C@@H]3CCCO3)N3CCN(C(c4ccccc4)c4ccccc4)CC3)c(=O)[nH]c2c1. The largest absolute Gasteiger partial charge is 0.497 e. The van der Waals surface area contributed by atoms with Crippen LogP contribution in [0.2, 0.25) is 0 Å². The number of aromatic nitrogens is 5. The average molecular weight is 592 g/mol. The van der Waals surface area contributed by atoms with Gasteiger partial charge in [-0.05, 0) is 58.0 Å². The minimum Gasteiger partial charge on any atom is -0.497 e. The van der Waals surface area contributed by atoms with Gasteiger partial charge >= 0.3 is 0 Å². The van der Waals surface area contributed by atoms with Crippen molar-refractivity contribution in [2.24, 2.45) is 0 Å². The molecule has 0 amide bonds. The van der Waals surface area contributed by atoms with Crippen molar-refractivity contribution in [1.29, 1.82) is 0 Å². The molecule has 2 aliphatic rings. The second kappa shape index (κ2) is 12.7. The molecule has 4 heterocycles. The van der Waals surface area contributed by atoms with Crippen molar-refractivity contribution in [3.05, 3.63) is 118 Å². The Labute approximate surface area is 256 Å². The number of hydrogen-bond donors (Lipinski definition) is 1. The summed E-state index contributed by atoms with van der Waals surface area (Å²) in [4.78, 5) is 21.8. The third-order valence-electron chi connectivity index (χ3n) is 8.89. The first-order valence-electron chi connectivity index (χ1n) is 15.3. The van der Waals surface area contributed by atoms with E-state index in [2.05, 4.69) is 91.0 Å². The fourth-order valence-electron chi connectivity index (χ4n) is 6.68. The number of piperazine rings is 1. The second-order valence-electron chi connectivity index (χ2n) is 11.6. The predicted molar refractivity (Wildman–Crippen MR) is 168 cm³/mol. The molecule has 44 heavy (non-hydrogen) atoms. The van der Waals surface area contributed by atoms with Gasteiger partial charge in [-0.2, -0.15) is 0 Å². The van der Waals surface area contributed by atoms with Crippen molar-refractivity contribution in [3.8, 4) is 5.75 Å². The van der Waals surface area contributed by atoms with Crippen molar-refractivity contribution in [2.75, 3.05) is 39.9 Å². The van der Waals surface area contributed by atoms with Crippen molar-refractivity contribution in [1.82, 2.24) is 35.0 Å². The molecule has 0 unspecified atom stereocenters. The zero-order valence-electron chi connectivity index (χ0n) is 24.9. The Hall–Kier alpha value is -4.38. The molecule has 2 aliphatic heterocycles. The van der Waals surface area contributed by atoms with Crippen LogP contribution in [0.3, 0.4) is 0 Å². The summed E-state index contributed by atoms with van der Waals surface area (Å²) in [7, 11) is 1.62. The van der Waals surface area contributed by atoms with Crippen LogP contribution in [0.4, 0.5) is 0 Å². The standard InChI is InChI=1S/C34H37N7O3/c1-43-27-15-14-26-21-29(34(42)35-30(26)22-27)32(33-36-37-38-41(33)23-28-13-8-20-44-28)40-18-16-39(17-19-40)31(24-9-4-2-5-10-24)25-11-6-3-7-12-25/h2-7,9-12,14-15,21-22,28,31-32H,8,13,16-20,23H2,1H3,(H,35,42)/t28-,32-/m0/s1. The third-order valence-corrected chi connectivity index (χ3v) is 8.89. The Balaban J connectivity index is 1.23. The van der Waals surface area contributed by atoms with Gasteiger partial charge in [-0.3, -0.25) is 14.6 Å². The molecule has 0 saturated carbocycles. The molecule has 0 aliphatic carbocycles. The van der Waals surface area contributed by atoms with Gasteiger partial charge in [-0.1, -0.05) is 60.7 Å². The van der Waals surface area contributed by atoms with Crippen LogP contribution >= 0.6 is 0 Å². The number of tetrazole rings is 1. The number of hydrogen-bond acceptors (Lipinski definition) is 8. The van der Waals surface area contributed by atoms with Gasteiger partial charge < -0.3 is 14.5 Å². The van der Waals surface area contributed by atoms with E-state index in [1.165, 1.54) is 11.1 Å². The second-order valence-corrected chi connectivity index (χ2v) is 11.6. The Morgan fingerprint density at radius 3 is 2.23 bits per heavy atom. The van der Waals surface area contributed by atoms with E-state index in [4.69, 9.17) is 9.47 Å². The van der Waals surface area contributed by atoms with Gasteiger partial charge in [0.05, 0.1) is 31.3 Å². The maximum atomic E-state index is 13.8. The molecule has 2 fully saturated rings. The molecule has 0 radical (unpaired) electrons. The summed E-state index contributed by atoms with van der Waals surface area (Å²) in [5.74, 6) is 1.36. The Kier molecular flexibility index (Phi) is 8.19. The molecular weight excluding hydrogens is 554 g/mol. The summed E-state index contributed by atoms with van der Waals surface area (Å²) < 4.78 is 13.1. The molecule has 2 aromatic heterocycles. The van der Waals surface area contributed by atoms with Crippen LogP contribution in [-0.4, -0.2) is 81.0 Å². The lowest BCUT2D eigenvalue weighted by molar-refractivity contribution is 0.0778. The van der Waals surface area contributed by atoms with Crippen molar-refractivity contribution < 1.29 is 9.47 Å². The summed E-state index contributed by atoms with van der Waals surface area (Å²) >= 11 is 0. The molecule has 3 aromatic carbocycles. The lowest BCUT2D eigenvalue weighted by Gasteiger charge is -2.42. The van der Waals surface area contributed by atoms with Gasteiger partial charge in [0.2, 0.25) is 0 Å². The molecule has 2 saturated heterocycles. The maximum absolute atomic E-state index is 13.8. The van der Waals surface area contributed by atoms with E-state index in [9.17, 15) is 4.79 Å². The van der Waals surface area contributed by atoms with Crippen molar-refractivity contribution in [2.45, 2.75) is 37.6 Å². The van der Waals surface area contributed by atoms with E-state index < -0.39 is 6.04 Å². The molecule has 10 heteroatoms. The zero-order valence-corrected chi connectivity index (χ0v) is 24.9. The van der Waals surface area contributed by atoms with E-state index in [1.807, 2.05) is 28.9 Å². The van der Waals surface area contributed by atoms with Crippen LogP contribution in [0.1, 0.15) is 47.4 Å². The van der Waals surface area contributed by atoms with Crippen LogP contribution in [0.5, 0.6) is 5.75 Å². The third kappa shape index (κ3) is 5.76. The molecule has 5 aromatic rings. The summed E-state index contributed by atoms with van der Waals surface area (Å²) in [6.45, 7) is 4.44. The van der Waals surface area contributed by atoms with Gasteiger partial charge in [0.15, 0.2) is 5.82 Å². The number of nitrogens with zero attached hydrogens (tertiary/aromatic N) is 6. The molecule has 226 valence electrons. The number of pyridine rings is 1. The molecule has 7 rings (SSSR count). The maximum Gasteiger partial charge on any atom is 0.253 e. The van der Waals surface area contributed by atoms with Gasteiger partial charge in [0.25, 0.3) is 5.56 Å². The zero-order chi connectivity index (χ0) is 29.9. The highest BCUT2D eigenvalue weighted by Crippen LogP contribution is 2.33. The normalized spacial score (nSPS) is 18.6. The van der Waals surface area contributed by atoms with E-state index in [0.29, 0.717) is 23.7 Å². The first-order valence-corrected chi connectivity index (χ1v) is 15.3. The van der Waals surface area contributed by atoms with Crippen molar-refractivity contribution in [3.63, 3.8) is 0 Å². The number of H-pyrrole nitrogens is 1. The van der Waals surface area contributed by atoms with E-state index >= 15 is 0 Å². The number of ether oxygens (including phenoxy) is 2. The van der Waals surface area contributed by atoms with Gasteiger partial charge in [0.1, 0.15) is 11.8 Å². The van der Waals surface area contributed by atoms with Crippen LogP contribution in [0.25, 0.3) is 10.9 Å². The van der Waals surface area contributed by atoms with E-state index in [0.717, 1.165) is 56.5 Å². The Morgan fingerprint density at radius 2 is 1.59 bits per heavy atom. The summed E-state index contributed by atoms with van der Waals surface area (Å²) in [5.41, 5.74) is 3.74. The highest BCUT2D eigenvalue weighted by Gasteiger charge is 2.35. The fraction of sp³-hybridized carbons (Fsp3) is 0.353. The van der Waals surface area contributed by atoms with Crippen molar-refractivity contribution >= 4 is 10.9 Å². The molecule has 0 bridgehead atoms. The summed E-state index contributed by atoms with van der Waals surface area (Å²) in [5, 5.41) is 13.9. The first-order chi connectivity index (χ1) is 21.7. The monoisotopic (exact) mass is 591 g/mol. The molecule has 0 spiro atoms.